The Kier molecular flexibility index (Phi) is 4.40. The molecule has 1 aromatic rings. The molecule has 94 valence electrons. The summed E-state index contributed by atoms with van der Waals surface area (Å²) >= 11 is 0. The van der Waals surface area contributed by atoms with E-state index in [4.69, 9.17) is 4.74 Å². The quantitative estimate of drug-likeness (QED) is 0.823. The lowest BCUT2D eigenvalue weighted by atomic mass is 9.99. The van der Waals surface area contributed by atoms with Crippen LogP contribution in [0.2, 0.25) is 0 Å². The molecule has 2 unspecified atom stereocenters. The standard InChI is InChI=1S/C14H21NO2/c1-2-14-12(7-8-17-14)10-15-9-11-3-5-13(16)6-4-11/h3-6,12,14-16H,2,7-10H2,1H3. The van der Waals surface area contributed by atoms with Crippen LogP contribution in [0.25, 0.3) is 0 Å². The Labute approximate surface area is 103 Å². The Morgan fingerprint density at radius 2 is 2.12 bits per heavy atom. The third-order valence-corrected chi connectivity index (χ3v) is 3.42. The first kappa shape index (κ1) is 12.4. The minimum absolute atomic E-state index is 0.323. The zero-order valence-electron chi connectivity index (χ0n) is 10.4. The van der Waals surface area contributed by atoms with Gasteiger partial charge in [-0.3, -0.25) is 0 Å². The van der Waals surface area contributed by atoms with Gasteiger partial charge in [0.1, 0.15) is 5.75 Å². The number of nitrogens with one attached hydrogen (secondary N) is 1. The highest BCUT2D eigenvalue weighted by molar-refractivity contribution is 5.25. The van der Waals surface area contributed by atoms with Gasteiger partial charge in [0.15, 0.2) is 0 Å². The van der Waals surface area contributed by atoms with Crippen molar-refractivity contribution >= 4 is 0 Å². The molecule has 1 aliphatic heterocycles. The van der Waals surface area contributed by atoms with Gasteiger partial charge >= 0.3 is 0 Å². The van der Waals surface area contributed by atoms with Crippen LogP contribution >= 0.6 is 0 Å². The number of hydrogen-bond donors (Lipinski definition) is 2. The third kappa shape index (κ3) is 3.45. The van der Waals surface area contributed by atoms with Crippen LogP contribution < -0.4 is 5.32 Å². The third-order valence-electron chi connectivity index (χ3n) is 3.42. The van der Waals surface area contributed by atoms with E-state index in [9.17, 15) is 5.11 Å². The van der Waals surface area contributed by atoms with Crippen molar-refractivity contribution in [3.8, 4) is 5.75 Å². The SMILES string of the molecule is CCC1OCCC1CNCc1ccc(O)cc1. The van der Waals surface area contributed by atoms with E-state index in [-0.39, 0.29) is 0 Å². The van der Waals surface area contributed by atoms with Crippen LogP contribution in [0.3, 0.4) is 0 Å². The molecule has 1 saturated heterocycles. The normalized spacial score (nSPS) is 24.1. The van der Waals surface area contributed by atoms with Crippen LogP contribution in [0.15, 0.2) is 24.3 Å². The molecular formula is C14H21NO2. The molecule has 2 atom stereocenters. The van der Waals surface area contributed by atoms with Gasteiger partial charge in [0.05, 0.1) is 6.10 Å². The molecule has 0 radical (unpaired) electrons. The van der Waals surface area contributed by atoms with Crippen molar-refractivity contribution in [2.75, 3.05) is 13.2 Å². The van der Waals surface area contributed by atoms with E-state index in [2.05, 4.69) is 12.2 Å². The van der Waals surface area contributed by atoms with Crippen LogP contribution in [0.5, 0.6) is 5.75 Å². The number of hydrogen-bond acceptors (Lipinski definition) is 3. The highest BCUT2D eigenvalue weighted by Crippen LogP contribution is 2.22. The topological polar surface area (TPSA) is 41.5 Å². The predicted molar refractivity (Wildman–Crippen MR) is 68.0 cm³/mol. The van der Waals surface area contributed by atoms with Crippen molar-refractivity contribution in [2.24, 2.45) is 5.92 Å². The highest BCUT2D eigenvalue weighted by Gasteiger charge is 2.25. The number of aromatic hydroxyl groups is 1. The second kappa shape index (κ2) is 6.03. The van der Waals surface area contributed by atoms with E-state index >= 15 is 0 Å². The fourth-order valence-electron chi connectivity index (χ4n) is 2.39. The Balaban J connectivity index is 1.74. The number of ether oxygens (including phenoxy) is 1. The van der Waals surface area contributed by atoms with E-state index in [1.807, 2.05) is 12.1 Å². The summed E-state index contributed by atoms with van der Waals surface area (Å²) in [6.45, 7) is 4.96. The van der Waals surface area contributed by atoms with Crippen molar-refractivity contribution < 1.29 is 9.84 Å². The summed E-state index contributed by atoms with van der Waals surface area (Å²) in [5.74, 6) is 0.973. The van der Waals surface area contributed by atoms with Gasteiger partial charge in [0.2, 0.25) is 0 Å². The van der Waals surface area contributed by atoms with Gasteiger partial charge in [-0.2, -0.15) is 0 Å². The van der Waals surface area contributed by atoms with Crippen molar-refractivity contribution in [3.63, 3.8) is 0 Å². The zero-order valence-corrected chi connectivity index (χ0v) is 10.4. The molecule has 1 aromatic carbocycles. The summed E-state index contributed by atoms with van der Waals surface area (Å²) in [6.07, 6.45) is 2.70. The molecule has 17 heavy (non-hydrogen) atoms. The molecule has 0 bridgehead atoms. The minimum atomic E-state index is 0.323. The molecule has 1 aliphatic rings. The maximum absolute atomic E-state index is 9.18. The molecule has 0 aliphatic carbocycles. The summed E-state index contributed by atoms with van der Waals surface area (Å²) in [5.41, 5.74) is 1.20. The number of phenols is 1. The number of benzene rings is 1. The molecule has 1 heterocycles. The molecule has 1 fully saturated rings. The van der Waals surface area contributed by atoms with Gasteiger partial charge in [-0.1, -0.05) is 19.1 Å². The molecular weight excluding hydrogens is 214 g/mol. The van der Waals surface area contributed by atoms with E-state index < -0.39 is 0 Å². The molecule has 0 amide bonds. The Hall–Kier alpha value is -1.06. The Bertz CT molecular complexity index is 337. The first-order valence-electron chi connectivity index (χ1n) is 6.40. The lowest BCUT2D eigenvalue weighted by molar-refractivity contribution is 0.0872. The van der Waals surface area contributed by atoms with Crippen LogP contribution in [0.1, 0.15) is 25.3 Å². The van der Waals surface area contributed by atoms with Crippen LogP contribution in [0.4, 0.5) is 0 Å². The van der Waals surface area contributed by atoms with E-state index in [1.165, 1.54) is 12.0 Å². The van der Waals surface area contributed by atoms with Crippen molar-refractivity contribution in [2.45, 2.75) is 32.4 Å². The first-order chi connectivity index (χ1) is 8.29. The number of rotatable bonds is 5. The molecule has 0 aromatic heterocycles. The van der Waals surface area contributed by atoms with E-state index in [0.717, 1.165) is 26.1 Å². The van der Waals surface area contributed by atoms with Crippen molar-refractivity contribution in [3.05, 3.63) is 29.8 Å². The second-order valence-electron chi connectivity index (χ2n) is 4.66. The summed E-state index contributed by atoms with van der Waals surface area (Å²) in [7, 11) is 0. The second-order valence-corrected chi connectivity index (χ2v) is 4.66. The van der Waals surface area contributed by atoms with Gasteiger partial charge < -0.3 is 15.2 Å². The first-order valence-corrected chi connectivity index (χ1v) is 6.40. The van der Waals surface area contributed by atoms with Gasteiger partial charge in [-0.25, -0.2) is 0 Å². The van der Waals surface area contributed by atoms with Crippen molar-refractivity contribution in [1.82, 2.24) is 5.32 Å². The Morgan fingerprint density at radius 3 is 2.82 bits per heavy atom. The number of phenolic OH excluding ortho intramolecular Hbond substituents is 1. The molecule has 0 spiro atoms. The average Bonchev–Trinajstić information content (AvgIpc) is 2.79. The van der Waals surface area contributed by atoms with Gasteiger partial charge in [-0.15, -0.1) is 0 Å². The van der Waals surface area contributed by atoms with E-state index in [0.29, 0.717) is 17.8 Å². The van der Waals surface area contributed by atoms with Gasteiger partial charge in [-0.05, 0) is 36.5 Å². The fourth-order valence-corrected chi connectivity index (χ4v) is 2.39. The fraction of sp³-hybridized carbons (Fsp3) is 0.571. The minimum Gasteiger partial charge on any atom is -0.508 e. The van der Waals surface area contributed by atoms with Gasteiger partial charge in [0.25, 0.3) is 0 Å². The molecule has 0 saturated carbocycles. The van der Waals surface area contributed by atoms with Crippen LogP contribution in [0, 0.1) is 5.92 Å². The van der Waals surface area contributed by atoms with E-state index in [1.54, 1.807) is 12.1 Å². The zero-order chi connectivity index (χ0) is 12.1. The lowest BCUT2D eigenvalue weighted by Gasteiger charge is -2.17. The highest BCUT2D eigenvalue weighted by atomic mass is 16.5. The average molecular weight is 235 g/mol. The van der Waals surface area contributed by atoms with Crippen LogP contribution in [-0.2, 0) is 11.3 Å². The smallest absolute Gasteiger partial charge is 0.115 e. The van der Waals surface area contributed by atoms with Crippen molar-refractivity contribution in [1.29, 1.82) is 0 Å². The van der Waals surface area contributed by atoms with Crippen LogP contribution in [-0.4, -0.2) is 24.4 Å². The predicted octanol–water partition coefficient (Wildman–Crippen LogP) is 2.30. The summed E-state index contributed by atoms with van der Waals surface area (Å²) < 4.78 is 5.66. The monoisotopic (exact) mass is 235 g/mol. The van der Waals surface area contributed by atoms with Gasteiger partial charge in [0, 0.05) is 19.7 Å². The summed E-state index contributed by atoms with van der Waals surface area (Å²) in [4.78, 5) is 0. The maximum atomic E-state index is 9.18. The largest absolute Gasteiger partial charge is 0.508 e. The summed E-state index contributed by atoms with van der Waals surface area (Å²) in [6, 6.07) is 7.35. The molecule has 2 rings (SSSR count). The summed E-state index contributed by atoms with van der Waals surface area (Å²) in [5, 5.41) is 12.7. The maximum Gasteiger partial charge on any atom is 0.115 e. The molecule has 3 nitrogen and oxygen atoms in total. The lowest BCUT2D eigenvalue weighted by Crippen LogP contribution is -2.27. The molecule has 2 N–H and O–H groups in total. The molecule has 3 heteroatoms. The Morgan fingerprint density at radius 1 is 1.35 bits per heavy atom.